The van der Waals surface area contributed by atoms with Gasteiger partial charge in [0, 0.05) is 0 Å². The zero-order chi connectivity index (χ0) is 18.0. The molecule has 0 aromatic carbocycles. The van der Waals surface area contributed by atoms with E-state index in [-0.39, 0.29) is 43.9 Å². The van der Waals surface area contributed by atoms with Gasteiger partial charge >= 0.3 is 43.9 Å². The average Bonchev–Trinajstić information content (AvgIpc) is 1.62. The van der Waals surface area contributed by atoms with E-state index in [1.165, 1.54) is 0 Å². The normalized spacial score (nSPS) is 10.0. The van der Waals surface area contributed by atoms with Crippen LogP contribution in [0.4, 0.5) is 0 Å². The van der Waals surface area contributed by atoms with Gasteiger partial charge in [-0.2, -0.15) is 0 Å². The molecule has 128 valence electrons. The van der Waals surface area contributed by atoms with Crippen molar-refractivity contribution < 1.29 is 76.7 Å². The van der Waals surface area contributed by atoms with Gasteiger partial charge in [0.25, 0.3) is 0 Å². The van der Waals surface area contributed by atoms with Crippen LogP contribution in [-0.4, -0.2) is 80.1 Å². The second kappa shape index (κ2) is 20.4. The first-order chi connectivity index (χ1) is 8.00. The average molecular weight is 481 g/mol. The molecule has 0 radical (unpaired) electrons. The van der Waals surface area contributed by atoms with Gasteiger partial charge in [-0.1, -0.05) is 0 Å². The summed E-state index contributed by atoms with van der Waals surface area (Å²) in [4.78, 5) is 137. The molecular weight excluding hydrogens is 481 g/mol. The van der Waals surface area contributed by atoms with E-state index in [0.29, 0.717) is 0 Å². The van der Waals surface area contributed by atoms with E-state index in [1.807, 2.05) is 0 Å². The third-order valence-electron chi connectivity index (χ3n) is 0. The minimum absolute atomic E-state index is 0. The molecule has 0 unspecified atom stereocenters. The van der Waals surface area contributed by atoms with Gasteiger partial charge in [0.2, 0.25) is 0 Å². The summed E-state index contributed by atoms with van der Waals surface area (Å²) < 4.78 is 0. The molecule has 0 amide bonds. The van der Waals surface area contributed by atoms with E-state index in [2.05, 4.69) is 0 Å². The van der Waals surface area contributed by atoms with Gasteiger partial charge in [-0.05, 0) is 0 Å². The largest absolute Gasteiger partial charge is 4.00 e. The van der Waals surface area contributed by atoms with Crippen molar-refractivity contribution in [2.75, 3.05) is 0 Å². The fourth-order valence-corrected chi connectivity index (χ4v) is 0. The molecule has 0 N–H and O–H groups in total. The summed E-state index contributed by atoms with van der Waals surface area (Å²) in [7, 11) is -22.4. The van der Waals surface area contributed by atoms with Crippen molar-refractivity contribution in [3.05, 3.63) is 0 Å². The molecule has 0 spiro atoms. The topological polar surface area (TPSA) is 369 Å². The van der Waals surface area contributed by atoms with Crippen LogP contribution in [0.2, 0.25) is 0 Å². The van der Waals surface area contributed by atoms with Crippen LogP contribution in [0.15, 0.2) is 0 Å². The zero-order valence-corrected chi connectivity index (χ0v) is 18.5. The maximum absolute atomic E-state index is 8.58. The fourth-order valence-electron chi connectivity index (χ4n) is 0. The third-order valence-corrected chi connectivity index (χ3v) is 0. The number of hydrogen-bond donors (Lipinski definition) is 0. The van der Waals surface area contributed by atoms with Crippen LogP contribution in [0.3, 0.4) is 0 Å². The molecule has 0 aromatic rings. The van der Waals surface area contributed by atoms with Crippen LogP contribution >= 0.6 is 0 Å². The Morgan fingerprint density at radius 3 is 0.208 bits per heavy atom. The Morgan fingerprint density at radius 2 is 0.208 bits per heavy atom. The molecule has 24 heteroatoms. The number of hydrogen-bond acceptors (Lipinski definition) is 16. The summed E-state index contributed by atoms with van der Waals surface area (Å²) in [6.45, 7) is 0. The van der Waals surface area contributed by atoms with E-state index in [0.717, 1.165) is 0 Å². The Morgan fingerprint density at radius 1 is 0.208 bits per heavy atom. The maximum Gasteiger partial charge on any atom is 4.00 e. The first kappa shape index (κ1) is 49.9. The van der Waals surface area contributed by atoms with Gasteiger partial charge in [0.05, 0.1) is 0 Å². The monoisotopic (exact) mass is 480 g/mol. The van der Waals surface area contributed by atoms with E-state index < -0.39 is 36.2 Å². The minimum atomic E-state index is -5.61. The molecule has 0 aliphatic rings. The summed E-state index contributed by atoms with van der Waals surface area (Å²) in [5.74, 6) is 0. The van der Waals surface area contributed by atoms with Gasteiger partial charge in [0.1, 0.15) is 0 Å². The van der Waals surface area contributed by atoms with Crippen molar-refractivity contribution in [1.29, 1.82) is 0 Å². The molecule has 0 aliphatic heterocycles. The Balaban J connectivity index is -0.0000000225. The Bertz CT molecular complexity index is 132. The molecule has 0 aromatic heterocycles. The third kappa shape index (κ3) is 9400. The fraction of sp³-hybridized carbons (Fsp3) is 0. The standard InChI is InChI=1S/4O4Si.4Si/c4*1-5(2,3)4;;;;/q4*-4;4*+4. The van der Waals surface area contributed by atoms with Crippen LogP contribution < -0.4 is 76.7 Å². The zero-order valence-electron chi connectivity index (χ0n) is 10.5. The summed E-state index contributed by atoms with van der Waals surface area (Å²) >= 11 is 0. The summed E-state index contributed by atoms with van der Waals surface area (Å²) in [5, 5.41) is 0. The smallest absolute Gasteiger partial charge is 0.894 e. The van der Waals surface area contributed by atoms with Crippen molar-refractivity contribution in [2.24, 2.45) is 0 Å². The van der Waals surface area contributed by atoms with E-state index in [4.69, 9.17) is 76.7 Å². The molecule has 24 heavy (non-hydrogen) atoms. The molecule has 0 bridgehead atoms. The van der Waals surface area contributed by atoms with Crippen LogP contribution in [0.5, 0.6) is 0 Å². The van der Waals surface area contributed by atoms with Crippen LogP contribution in [0.1, 0.15) is 0 Å². The van der Waals surface area contributed by atoms with Crippen molar-refractivity contribution in [1.82, 2.24) is 0 Å². The molecule has 0 fully saturated rings. The van der Waals surface area contributed by atoms with E-state index in [1.54, 1.807) is 0 Å². The SMILES string of the molecule is [O-][Si]([O-])([O-])[O-].[O-][Si]([O-])([O-])[O-].[O-][Si]([O-])([O-])[O-].[O-][Si]([O-])([O-])[O-].[Si+4].[Si+4].[Si+4].[Si+4]. The van der Waals surface area contributed by atoms with Gasteiger partial charge < -0.3 is 113 Å². The van der Waals surface area contributed by atoms with Gasteiger partial charge in [-0.3, -0.25) is 0 Å². The van der Waals surface area contributed by atoms with E-state index >= 15 is 0 Å². The molecular formula is O16Si8. The molecule has 0 saturated heterocycles. The van der Waals surface area contributed by atoms with Crippen LogP contribution in [0.25, 0.3) is 0 Å². The quantitative estimate of drug-likeness (QED) is 0.290. The molecule has 0 heterocycles. The Kier molecular flexibility index (Phi) is 42.4. The molecule has 0 saturated carbocycles. The second-order valence-corrected chi connectivity index (χ2v) is 6.00. The van der Waals surface area contributed by atoms with Gasteiger partial charge in [-0.25, -0.2) is 0 Å². The molecule has 0 atom stereocenters. The van der Waals surface area contributed by atoms with E-state index in [9.17, 15) is 0 Å². The van der Waals surface area contributed by atoms with Gasteiger partial charge in [-0.15, -0.1) is 0 Å². The van der Waals surface area contributed by atoms with Crippen molar-refractivity contribution in [2.45, 2.75) is 0 Å². The predicted octanol–water partition coefficient (Wildman–Crippen LogP) is -22.1. The first-order valence-corrected chi connectivity index (χ1v) is 9.80. The Labute approximate surface area is 157 Å². The summed E-state index contributed by atoms with van der Waals surface area (Å²) in [6, 6.07) is 0. The van der Waals surface area contributed by atoms with Crippen molar-refractivity contribution in [3.63, 3.8) is 0 Å². The van der Waals surface area contributed by atoms with Gasteiger partial charge in [0.15, 0.2) is 0 Å². The number of rotatable bonds is 0. The van der Waals surface area contributed by atoms with Crippen molar-refractivity contribution >= 4 is 80.1 Å². The van der Waals surface area contributed by atoms with Crippen molar-refractivity contribution in [3.8, 4) is 0 Å². The van der Waals surface area contributed by atoms with Crippen LogP contribution in [-0.2, 0) is 0 Å². The second-order valence-electron chi connectivity index (χ2n) is 2.00. The first-order valence-electron chi connectivity index (χ1n) is 3.27. The Hall–Kier alpha value is 1.10. The summed E-state index contributed by atoms with van der Waals surface area (Å²) in [6.07, 6.45) is 0. The maximum atomic E-state index is 8.58. The molecule has 0 aliphatic carbocycles. The minimum Gasteiger partial charge on any atom is -0.894 e. The summed E-state index contributed by atoms with van der Waals surface area (Å²) in [5.41, 5.74) is 0. The molecule has 0 rings (SSSR count). The predicted molar refractivity (Wildman–Crippen MR) is 46.0 cm³/mol. The molecule has 16 nitrogen and oxygen atoms in total. The van der Waals surface area contributed by atoms with Crippen LogP contribution in [0, 0.1) is 0 Å².